The second-order valence-corrected chi connectivity index (χ2v) is 5.55. The Labute approximate surface area is 110 Å². The maximum Gasteiger partial charge on any atom is 0.140 e. The highest BCUT2D eigenvalue weighted by atomic mass is 16.1. The van der Waals surface area contributed by atoms with Crippen molar-refractivity contribution in [1.82, 2.24) is 0 Å². The molecule has 0 spiro atoms. The molecule has 0 fully saturated rings. The quantitative estimate of drug-likeness (QED) is 0.760. The summed E-state index contributed by atoms with van der Waals surface area (Å²) < 4.78 is 0. The van der Waals surface area contributed by atoms with E-state index in [-0.39, 0.29) is 5.92 Å². The number of ketones is 1. The van der Waals surface area contributed by atoms with Gasteiger partial charge in [-0.05, 0) is 36.3 Å². The van der Waals surface area contributed by atoms with Crippen LogP contribution in [0.4, 0.5) is 0 Å². The van der Waals surface area contributed by atoms with Gasteiger partial charge in [0.05, 0.1) is 0 Å². The second-order valence-electron chi connectivity index (χ2n) is 5.55. The fourth-order valence-corrected chi connectivity index (χ4v) is 2.63. The Kier molecular flexibility index (Phi) is 4.35. The highest BCUT2D eigenvalue weighted by Gasteiger charge is 2.26. The Morgan fingerprint density at radius 1 is 1.22 bits per heavy atom. The molecule has 1 atom stereocenters. The first kappa shape index (κ1) is 13.1. The number of benzene rings is 1. The summed E-state index contributed by atoms with van der Waals surface area (Å²) in [6, 6.07) is 10.4. The van der Waals surface area contributed by atoms with Gasteiger partial charge < -0.3 is 0 Å². The zero-order chi connectivity index (χ0) is 13.0. The number of hydrogen-bond acceptors (Lipinski definition) is 1. The van der Waals surface area contributed by atoms with Gasteiger partial charge in [0.25, 0.3) is 0 Å². The van der Waals surface area contributed by atoms with Gasteiger partial charge in [-0.2, -0.15) is 0 Å². The molecule has 0 aliphatic heterocycles. The first-order chi connectivity index (χ1) is 8.68. The first-order valence-electron chi connectivity index (χ1n) is 6.96. The third kappa shape index (κ3) is 3.10. The van der Waals surface area contributed by atoms with E-state index >= 15 is 0 Å². The molecule has 0 saturated heterocycles. The largest absolute Gasteiger partial charge is 0.299 e. The zero-order valence-electron chi connectivity index (χ0n) is 11.4. The van der Waals surface area contributed by atoms with E-state index in [0.717, 1.165) is 25.7 Å². The van der Waals surface area contributed by atoms with Gasteiger partial charge in [-0.1, -0.05) is 50.3 Å². The second kappa shape index (κ2) is 5.99. The molecule has 0 amide bonds. The molecule has 0 radical (unpaired) electrons. The summed E-state index contributed by atoms with van der Waals surface area (Å²) in [5, 5.41) is 0. The van der Waals surface area contributed by atoms with Crippen LogP contribution in [-0.4, -0.2) is 5.78 Å². The molecule has 0 N–H and O–H groups in total. The van der Waals surface area contributed by atoms with Gasteiger partial charge in [0, 0.05) is 12.3 Å². The van der Waals surface area contributed by atoms with E-state index in [1.807, 2.05) is 6.07 Å². The molecular formula is C17H22O. The minimum Gasteiger partial charge on any atom is -0.299 e. The molecule has 1 nitrogen and oxygen atoms in total. The lowest BCUT2D eigenvalue weighted by atomic mass is 9.79. The Balaban J connectivity index is 2.20. The van der Waals surface area contributed by atoms with Gasteiger partial charge in [-0.25, -0.2) is 0 Å². The van der Waals surface area contributed by atoms with Gasteiger partial charge in [-0.15, -0.1) is 0 Å². The first-order valence-corrected chi connectivity index (χ1v) is 6.96. The van der Waals surface area contributed by atoms with E-state index in [1.54, 1.807) is 0 Å². The molecule has 1 unspecified atom stereocenters. The SMILES string of the molecule is CC(C)CCC1C(=O)CCC=C1c1ccccc1. The van der Waals surface area contributed by atoms with Crippen molar-refractivity contribution in [3.05, 3.63) is 42.0 Å². The lowest BCUT2D eigenvalue weighted by Gasteiger charge is -2.24. The van der Waals surface area contributed by atoms with Crippen molar-refractivity contribution in [3.8, 4) is 0 Å². The van der Waals surface area contributed by atoms with Crippen LogP contribution in [0.1, 0.15) is 45.1 Å². The van der Waals surface area contributed by atoms with Crippen LogP contribution in [0.3, 0.4) is 0 Å². The van der Waals surface area contributed by atoms with Crippen molar-refractivity contribution < 1.29 is 4.79 Å². The van der Waals surface area contributed by atoms with Crippen LogP contribution in [0.25, 0.3) is 5.57 Å². The Bertz CT molecular complexity index is 428. The number of allylic oxidation sites excluding steroid dienone is 2. The molecule has 1 aliphatic carbocycles. The van der Waals surface area contributed by atoms with Crippen LogP contribution in [0.15, 0.2) is 36.4 Å². The highest BCUT2D eigenvalue weighted by Crippen LogP contribution is 2.34. The van der Waals surface area contributed by atoms with Crippen molar-refractivity contribution in [3.63, 3.8) is 0 Å². The Morgan fingerprint density at radius 2 is 1.94 bits per heavy atom. The topological polar surface area (TPSA) is 17.1 Å². The van der Waals surface area contributed by atoms with E-state index < -0.39 is 0 Å². The van der Waals surface area contributed by atoms with E-state index in [1.165, 1.54) is 11.1 Å². The average Bonchev–Trinajstić information content (AvgIpc) is 2.38. The van der Waals surface area contributed by atoms with Gasteiger partial charge in [0.1, 0.15) is 5.78 Å². The smallest absolute Gasteiger partial charge is 0.140 e. The average molecular weight is 242 g/mol. The van der Waals surface area contributed by atoms with Gasteiger partial charge in [0.2, 0.25) is 0 Å². The maximum atomic E-state index is 12.1. The van der Waals surface area contributed by atoms with Crippen LogP contribution < -0.4 is 0 Å². The van der Waals surface area contributed by atoms with Crippen molar-refractivity contribution in [2.45, 2.75) is 39.5 Å². The predicted octanol–water partition coefficient (Wildman–Crippen LogP) is 4.49. The van der Waals surface area contributed by atoms with Crippen molar-refractivity contribution in [2.75, 3.05) is 0 Å². The van der Waals surface area contributed by atoms with Crippen molar-refractivity contribution >= 4 is 11.4 Å². The molecule has 1 heteroatoms. The molecule has 0 saturated carbocycles. The van der Waals surface area contributed by atoms with Crippen molar-refractivity contribution in [2.24, 2.45) is 11.8 Å². The fraction of sp³-hybridized carbons (Fsp3) is 0.471. The summed E-state index contributed by atoms with van der Waals surface area (Å²) in [5.41, 5.74) is 2.48. The number of Topliss-reactive ketones (excluding diaryl/α,β-unsaturated/α-hetero) is 1. The minimum absolute atomic E-state index is 0.128. The molecule has 2 rings (SSSR count). The fourth-order valence-electron chi connectivity index (χ4n) is 2.63. The lowest BCUT2D eigenvalue weighted by Crippen LogP contribution is -2.20. The standard InChI is InChI=1S/C17H22O/c1-13(2)11-12-16-15(9-6-10-17(16)18)14-7-4-3-5-8-14/h3-5,7-9,13,16H,6,10-12H2,1-2H3. The summed E-state index contributed by atoms with van der Waals surface area (Å²) in [5.74, 6) is 1.22. The molecule has 1 aliphatic rings. The number of carbonyl (C=O) groups is 1. The van der Waals surface area contributed by atoms with Gasteiger partial charge in [-0.3, -0.25) is 4.79 Å². The Hall–Kier alpha value is -1.37. The monoisotopic (exact) mass is 242 g/mol. The third-order valence-corrected chi connectivity index (χ3v) is 3.66. The zero-order valence-corrected chi connectivity index (χ0v) is 11.4. The number of hydrogen-bond donors (Lipinski definition) is 0. The molecule has 96 valence electrons. The number of carbonyl (C=O) groups excluding carboxylic acids is 1. The molecular weight excluding hydrogens is 220 g/mol. The van der Waals surface area contributed by atoms with Gasteiger partial charge >= 0.3 is 0 Å². The molecule has 1 aromatic rings. The molecule has 0 aromatic heterocycles. The molecule has 1 aromatic carbocycles. The highest BCUT2D eigenvalue weighted by molar-refractivity contribution is 5.95. The van der Waals surface area contributed by atoms with Crippen LogP contribution >= 0.6 is 0 Å². The lowest BCUT2D eigenvalue weighted by molar-refractivity contribution is -0.121. The van der Waals surface area contributed by atoms with Crippen LogP contribution in [0.5, 0.6) is 0 Å². The maximum absolute atomic E-state index is 12.1. The van der Waals surface area contributed by atoms with Crippen LogP contribution in [0.2, 0.25) is 0 Å². The van der Waals surface area contributed by atoms with E-state index in [0.29, 0.717) is 11.7 Å². The van der Waals surface area contributed by atoms with E-state index in [4.69, 9.17) is 0 Å². The minimum atomic E-state index is 0.128. The summed E-state index contributed by atoms with van der Waals surface area (Å²) in [6.07, 6.45) is 6.01. The van der Waals surface area contributed by atoms with Crippen LogP contribution in [0, 0.1) is 11.8 Å². The predicted molar refractivity (Wildman–Crippen MR) is 76.2 cm³/mol. The summed E-state index contributed by atoms with van der Waals surface area (Å²) >= 11 is 0. The van der Waals surface area contributed by atoms with Crippen molar-refractivity contribution in [1.29, 1.82) is 0 Å². The summed E-state index contributed by atoms with van der Waals surface area (Å²) in [7, 11) is 0. The molecule has 0 bridgehead atoms. The van der Waals surface area contributed by atoms with Crippen LogP contribution in [-0.2, 0) is 4.79 Å². The third-order valence-electron chi connectivity index (χ3n) is 3.66. The van der Waals surface area contributed by atoms with Gasteiger partial charge in [0.15, 0.2) is 0 Å². The van der Waals surface area contributed by atoms with E-state index in [9.17, 15) is 4.79 Å². The Morgan fingerprint density at radius 3 is 2.61 bits per heavy atom. The number of rotatable bonds is 4. The molecule has 18 heavy (non-hydrogen) atoms. The summed E-state index contributed by atoms with van der Waals surface area (Å²) in [4.78, 5) is 12.1. The summed E-state index contributed by atoms with van der Waals surface area (Å²) in [6.45, 7) is 4.44. The normalized spacial score (nSPS) is 20.1. The van der Waals surface area contributed by atoms with E-state index in [2.05, 4.69) is 44.2 Å². The molecule has 0 heterocycles.